The van der Waals surface area contributed by atoms with Gasteiger partial charge in [0.05, 0.1) is 0 Å². The summed E-state index contributed by atoms with van der Waals surface area (Å²) in [5, 5.41) is 12.5. The normalized spacial score (nSPS) is 10.8. The predicted molar refractivity (Wildman–Crippen MR) is 65.4 cm³/mol. The fraction of sp³-hybridized carbons (Fsp3) is 0.0833. The lowest BCUT2D eigenvalue weighted by atomic mass is 10.1. The molecular formula is C12H9N3S. The van der Waals surface area contributed by atoms with Crippen molar-refractivity contribution in [2.75, 3.05) is 0 Å². The van der Waals surface area contributed by atoms with Gasteiger partial charge in [0, 0.05) is 23.3 Å². The number of hydrogen-bond donors (Lipinski definition) is 0. The zero-order valence-electron chi connectivity index (χ0n) is 8.71. The van der Waals surface area contributed by atoms with E-state index in [9.17, 15) is 0 Å². The van der Waals surface area contributed by atoms with E-state index in [1.54, 1.807) is 17.5 Å². The standard InChI is InChI=1S/C12H9N3S/c1-8-14-15-12(16-8)10-2-3-11-7-13-5-4-9(11)6-10/h2-7H,1H3. The summed E-state index contributed by atoms with van der Waals surface area (Å²) in [6.45, 7) is 1.96. The quantitative estimate of drug-likeness (QED) is 0.641. The molecule has 0 spiro atoms. The maximum absolute atomic E-state index is 4.15. The first-order valence-electron chi connectivity index (χ1n) is 4.97. The second-order valence-corrected chi connectivity index (χ2v) is 4.75. The molecule has 0 unspecified atom stereocenters. The Labute approximate surface area is 96.8 Å². The Kier molecular flexibility index (Phi) is 2.15. The van der Waals surface area contributed by atoms with Crippen LogP contribution in [0.3, 0.4) is 0 Å². The Morgan fingerprint density at radius 3 is 2.81 bits per heavy atom. The van der Waals surface area contributed by atoms with Crippen molar-refractivity contribution in [1.82, 2.24) is 15.2 Å². The number of benzene rings is 1. The molecule has 3 aromatic rings. The van der Waals surface area contributed by atoms with Crippen LogP contribution in [0.15, 0.2) is 36.7 Å². The van der Waals surface area contributed by atoms with Crippen molar-refractivity contribution in [2.45, 2.75) is 6.92 Å². The second-order valence-electron chi connectivity index (χ2n) is 3.56. The molecule has 0 radical (unpaired) electrons. The van der Waals surface area contributed by atoms with Gasteiger partial charge in [-0.05, 0) is 24.4 Å². The van der Waals surface area contributed by atoms with Crippen LogP contribution in [0.5, 0.6) is 0 Å². The Morgan fingerprint density at radius 2 is 2.00 bits per heavy atom. The van der Waals surface area contributed by atoms with Gasteiger partial charge in [0.1, 0.15) is 10.0 Å². The van der Waals surface area contributed by atoms with E-state index in [1.807, 2.05) is 19.2 Å². The molecule has 0 saturated heterocycles. The maximum Gasteiger partial charge on any atom is 0.147 e. The van der Waals surface area contributed by atoms with Crippen molar-refractivity contribution in [1.29, 1.82) is 0 Å². The summed E-state index contributed by atoms with van der Waals surface area (Å²) in [6.07, 6.45) is 3.67. The highest BCUT2D eigenvalue weighted by atomic mass is 32.1. The zero-order chi connectivity index (χ0) is 11.0. The lowest BCUT2D eigenvalue weighted by Crippen LogP contribution is -1.79. The van der Waals surface area contributed by atoms with Gasteiger partial charge in [0.2, 0.25) is 0 Å². The van der Waals surface area contributed by atoms with Crippen LogP contribution in [0.1, 0.15) is 5.01 Å². The van der Waals surface area contributed by atoms with Crippen molar-refractivity contribution < 1.29 is 0 Å². The van der Waals surface area contributed by atoms with E-state index in [4.69, 9.17) is 0 Å². The molecule has 3 rings (SSSR count). The third-order valence-electron chi connectivity index (χ3n) is 2.41. The third-order valence-corrected chi connectivity index (χ3v) is 3.30. The number of rotatable bonds is 1. The third kappa shape index (κ3) is 1.57. The SMILES string of the molecule is Cc1nnc(-c2ccc3cnccc3c2)s1. The van der Waals surface area contributed by atoms with Crippen LogP contribution in [-0.2, 0) is 0 Å². The molecule has 0 aliphatic rings. The molecule has 0 atom stereocenters. The van der Waals surface area contributed by atoms with E-state index in [0.717, 1.165) is 21.0 Å². The van der Waals surface area contributed by atoms with Gasteiger partial charge in [-0.15, -0.1) is 10.2 Å². The highest BCUT2D eigenvalue weighted by Crippen LogP contribution is 2.26. The largest absolute Gasteiger partial charge is 0.264 e. The minimum atomic E-state index is 0.969. The average Bonchev–Trinajstić information content (AvgIpc) is 2.75. The van der Waals surface area contributed by atoms with Gasteiger partial charge in [0.25, 0.3) is 0 Å². The van der Waals surface area contributed by atoms with Gasteiger partial charge < -0.3 is 0 Å². The smallest absolute Gasteiger partial charge is 0.147 e. The second kappa shape index (κ2) is 3.64. The number of aromatic nitrogens is 3. The van der Waals surface area contributed by atoms with Crippen molar-refractivity contribution in [3.05, 3.63) is 41.7 Å². The van der Waals surface area contributed by atoms with E-state index < -0.39 is 0 Å². The number of fused-ring (bicyclic) bond motifs is 1. The van der Waals surface area contributed by atoms with Gasteiger partial charge in [-0.3, -0.25) is 4.98 Å². The topological polar surface area (TPSA) is 38.7 Å². The molecule has 0 aliphatic carbocycles. The molecule has 0 bridgehead atoms. The molecule has 4 heteroatoms. The first-order chi connectivity index (χ1) is 7.83. The summed E-state index contributed by atoms with van der Waals surface area (Å²) >= 11 is 1.61. The van der Waals surface area contributed by atoms with Crippen molar-refractivity contribution in [3.63, 3.8) is 0 Å². The number of nitrogens with zero attached hydrogens (tertiary/aromatic N) is 3. The van der Waals surface area contributed by atoms with Crippen LogP contribution < -0.4 is 0 Å². The molecule has 2 aromatic heterocycles. The zero-order valence-corrected chi connectivity index (χ0v) is 9.53. The summed E-state index contributed by atoms with van der Waals surface area (Å²) in [5.41, 5.74) is 1.12. The summed E-state index contributed by atoms with van der Waals surface area (Å²) in [7, 11) is 0. The van der Waals surface area contributed by atoms with E-state index in [2.05, 4.69) is 33.4 Å². The van der Waals surface area contributed by atoms with Gasteiger partial charge in [0.15, 0.2) is 0 Å². The fourth-order valence-electron chi connectivity index (χ4n) is 1.63. The molecule has 0 N–H and O–H groups in total. The lowest BCUT2D eigenvalue weighted by Gasteiger charge is -1.99. The Morgan fingerprint density at radius 1 is 1.06 bits per heavy atom. The minimum absolute atomic E-state index is 0.969. The molecule has 3 nitrogen and oxygen atoms in total. The van der Waals surface area contributed by atoms with E-state index in [0.29, 0.717) is 0 Å². The molecule has 78 valence electrons. The van der Waals surface area contributed by atoms with Gasteiger partial charge in [-0.2, -0.15) is 0 Å². The Bertz CT molecular complexity index is 645. The Balaban J connectivity index is 2.18. The highest BCUT2D eigenvalue weighted by Gasteiger charge is 2.04. The van der Waals surface area contributed by atoms with Crippen LogP contribution in [0.25, 0.3) is 21.3 Å². The first-order valence-corrected chi connectivity index (χ1v) is 5.79. The number of pyridine rings is 1. The molecule has 0 amide bonds. The molecule has 2 heterocycles. The predicted octanol–water partition coefficient (Wildman–Crippen LogP) is 3.06. The molecule has 0 saturated carbocycles. The van der Waals surface area contributed by atoms with Crippen molar-refractivity contribution in [2.24, 2.45) is 0 Å². The van der Waals surface area contributed by atoms with E-state index in [1.165, 1.54) is 5.39 Å². The van der Waals surface area contributed by atoms with Crippen LogP contribution in [0.2, 0.25) is 0 Å². The highest BCUT2D eigenvalue weighted by molar-refractivity contribution is 7.14. The maximum atomic E-state index is 4.15. The molecule has 0 aliphatic heterocycles. The van der Waals surface area contributed by atoms with Crippen LogP contribution in [0.4, 0.5) is 0 Å². The minimum Gasteiger partial charge on any atom is -0.264 e. The summed E-state index contributed by atoms with van der Waals surface area (Å²) in [4.78, 5) is 4.09. The van der Waals surface area contributed by atoms with Crippen LogP contribution in [-0.4, -0.2) is 15.2 Å². The summed E-state index contributed by atoms with van der Waals surface area (Å²) < 4.78 is 0. The van der Waals surface area contributed by atoms with E-state index >= 15 is 0 Å². The fourth-order valence-corrected chi connectivity index (χ4v) is 2.32. The molecular weight excluding hydrogens is 218 g/mol. The summed E-state index contributed by atoms with van der Waals surface area (Å²) in [6, 6.07) is 8.25. The van der Waals surface area contributed by atoms with Gasteiger partial charge in [-0.1, -0.05) is 23.5 Å². The van der Waals surface area contributed by atoms with Gasteiger partial charge in [-0.25, -0.2) is 0 Å². The lowest BCUT2D eigenvalue weighted by molar-refractivity contribution is 1.05. The van der Waals surface area contributed by atoms with Crippen molar-refractivity contribution >= 4 is 22.1 Å². The van der Waals surface area contributed by atoms with Crippen molar-refractivity contribution in [3.8, 4) is 10.6 Å². The van der Waals surface area contributed by atoms with Crippen LogP contribution in [0, 0.1) is 6.92 Å². The Hall–Kier alpha value is -1.81. The summed E-state index contributed by atoms with van der Waals surface area (Å²) in [5.74, 6) is 0. The molecule has 16 heavy (non-hydrogen) atoms. The van der Waals surface area contributed by atoms with Crippen LogP contribution >= 0.6 is 11.3 Å². The molecule has 1 aromatic carbocycles. The van der Waals surface area contributed by atoms with E-state index in [-0.39, 0.29) is 0 Å². The monoisotopic (exact) mass is 227 g/mol. The number of hydrogen-bond acceptors (Lipinski definition) is 4. The average molecular weight is 227 g/mol. The molecule has 0 fully saturated rings. The van der Waals surface area contributed by atoms with Gasteiger partial charge >= 0.3 is 0 Å². The number of aryl methyl sites for hydroxylation is 1. The first kappa shape index (κ1) is 9.42.